The van der Waals surface area contributed by atoms with Gasteiger partial charge in [0.2, 0.25) is 5.91 Å². The van der Waals surface area contributed by atoms with Crippen LogP contribution >= 0.6 is 0 Å². The molecule has 3 rings (SSSR count). The smallest absolute Gasteiger partial charge is 0.250 e. The standard InChI is InChI=1S/C16H21FN2O5S/c1-25(21,22)8-5-14(20)19-10-16(11-19)9-12(4-7-23-16)24-15-13(17)3-2-6-18-15/h2-3,6,12H,4-5,7-11H2,1H3/t12-/m0/s1. The second-order valence-corrected chi connectivity index (χ2v) is 8.94. The molecule has 2 saturated heterocycles. The largest absolute Gasteiger partial charge is 0.472 e. The predicted molar refractivity (Wildman–Crippen MR) is 87.4 cm³/mol. The summed E-state index contributed by atoms with van der Waals surface area (Å²) in [6.45, 7) is 1.27. The molecule has 1 spiro atoms. The van der Waals surface area contributed by atoms with Gasteiger partial charge in [0.25, 0.3) is 5.88 Å². The topological polar surface area (TPSA) is 85.8 Å². The van der Waals surface area contributed by atoms with E-state index in [0.29, 0.717) is 32.5 Å². The van der Waals surface area contributed by atoms with E-state index in [0.717, 1.165) is 6.26 Å². The van der Waals surface area contributed by atoms with Gasteiger partial charge < -0.3 is 14.4 Å². The Kier molecular flexibility index (Phi) is 4.97. The Hall–Kier alpha value is -1.74. The molecule has 0 unspecified atom stereocenters. The Morgan fingerprint density at radius 1 is 1.52 bits per heavy atom. The van der Waals surface area contributed by atoms with Crippen LogP contribution in [0.1, 0.15) is 19.3 Å². The molecular weight excluding hydrogens is 351 g/mol. The van der Waals surface area contributed by atoms with Crippen LogP contribution in [0.5, 0.6) is 5.88 Å². The zero-order chi connectivity index (χ0) is 18.1. The lowest BCUT2D eigenvalue weighted by molar-refractivity contribution is -0.193. The third-order valence-corrected chi connectivity index (χ3v) is 5.39. The fourth-order valence-corrected chi connectivity index (χ4v) is 3.72. The Balaban J connectivity index is 1.53. The van der Waals surface area contributed by atoms with Crippen LogP contribution in [0, 0.1) is 5.82 Å². The van der Waals surface area contributed by atoms with Gasteiger partial charge in [-0.3, -0.25) is 4.79 Å². The van der Waals surface area contributed by atoms with Crippen molar-refractivity contribution in [3.63, 3.8) is 0 Å². The highest BCUT2D eigenvalue weighted by molar-refractivity contribution is 7.90. The number of carbonyl (C=O) groups is 1. The predicted octanol–water partition coefficient (Wildman–Crippen LogP) is 0.794. The number of likely N-dealkylation sites (tertiary alicyclic amines) is 1. The van der Waals surface area contributed by atoms with E-state index >= 15 is 0 Å². The van der Waals surface area contributed by atoms with Gasteiger partial charge in [-0.05, 0) is 12.1 Å². The zero-order valence-corrected chi connectivity index (χ0v) is 14.8. The second-order valence-electron chi connectivity index (χ2n) is 6.68. The second kappa shape index (κ2) is 6.87. The summed E-state index contributed by atoms with van der Waals surface area (Å²) in [5.74, 6) is -0.876. The molecule has 0 radical (unpaired) electrons. The van der Waals surface area contributed by atoms with Gasteiger partial charge in [0.05, 0.1) is 25.4 Å². The molecule has 0 aliphatic carbocycles. The van der Waals surface area contributed by atoms with E-state index in [1.165, 1.54) is 18.3 Å². The van der Waals surface area contributed by atoms with Gasteiger partial charge in [-0.1, -0.05) is 0 Å². The first-order valence-corrected chi connectivity index (χ1v) is 10.2. The summed E-state index contributed by atoms with van der Waals surface area (Å²) in [6.07, 6.45) is 3.50. The van der Waals surface area contributed by atoms with Gasteiger partial charge in [-0.25, -0.2) is 17.8 Å². The van der Waals surface area contributed by atoms with E-state index in [1.54, 1.807) is 4.90 Å². The molecule has 9 heteroatoms. The number of rotatable bonds is 5. The van der Waals surface area contributed by atoms with E-state index < -0.39 is 21.3 Å². The lowest BCUT2D eigenvalue weighted by Crippen LogP contribution is -2.67. The third kappa shape index (κ3) is 4.46. The summed E-state index contributed by atoms with van der Waals surface area (Å²) in [7, 11) is -3.16. The third-order valence-electron chi connectivity index (χ3n) is 4.45. The molecule has 0 N–H and O–H groups in total. The lowest BCUT2D eigenvalue weighted by Gasteiger charge is -2.52. The lowest BCUT2D eigenvalue weighted by atomic mass is 9.84. The van der Waals surface area contributed by atoms with E-state index in [2.05, 4.69) is 4.98 Å². The Morgan fingerprint density at radius 2 is 2.28 bits per heavy atom. The fourth-order valence-electron chi connectivity index (χ4n) is 3.18. The van der Waals surface area contributed by atoms with Crippen molar-refractivity contribution in [2.75, 3.05) is 31.7 Å². The van der Waals surface area contributed by atoms with Crippen molar-refractivity contribution in [1.82, 2.24) is 9.88 Å². The van der Waals surface area contributed by atoms with Crippen molar-refractivity contribution < 1.29 is 27.1 Å². The number of amides is 1. The molecule has 0 saturated carbocycles. The number of pyridine rings is 1. The average Bonchev–Trinajstić information content (AvgIpc) is 2.52. The minimum Gasteiger partial charge on any atom is -0.472 e. The van der Waals surface area contributed by atoms with Gasteiger partial charge >= 0.3 is 0 Å². The number of nitrogens with zero attached hydrogens (tertiary/aromatic N) is 2. The zero-order valence-electron chi connectivity index (χ0n) is 14.0. The van der Waals surface area contributed by atoms with Gasteiger partial charge in [-0.2, -0.15) is 0 Å². The molecule has 1 amide bonds. The summed E-state index contributed by atoms with van der Waals surface area (Å²) in [4.78, 5) is 17.5. The number of halogens is 1. The van der Waals surface area contributed by atoms with Gasteiger partial charge in [0, 0.05) is 31.7 Å². The highest BCUT2D eigenvalue weighted by atomic mass is 32.2. The summed E-state index contributed by atoms with van der Waals surface area (Å²) < 4.78 is 47.4. The fraction of sp³-hybridized carbons (Fsp3) is 0.625. The SMILES string of the molecule is CS(=O)(=O)CCC(=O)N1CC2(C[C@@H](Oc3ncccc3F)CCO2)C1. The summed E-state index contributed by atoms with van der Waals surface area (Å²) in [6, 6.07) is 2.79. The molecular formula is C16H21FN2O5S. The number of ether oxygens (including phenoxy) is 2. The number of hydrogen-bond acceptors (Lipinski definition) is 6. The van der Waals surface area contributed by atoms with Crippen LogP contribution in [0.2, 0.25) is 0 Å². The molecule has 2 aliphatic heterocycles. The maximum atomic E-state index is 13.7. The minimum atomic E-state index is -3.16. The van der Waals surface area contributed by atoms with Crippen LogP contribution < -0.4 is 4.74 Å². The number of hydrogen-bond donors (Lipinski definition) is 0. The maximum Gasteiger partial charge on any atom is 0.250 e. The number of carbonyl (C=O) groups excluding carboxylic acids is 1. The molecule has 2 aliphatic rings. The first kappa shape index (κ1) is 18.1. The Morgan fingerprint density at radius 3 is 2.96 bits per heavy atom. The van der Waals surface area contributed by atoms with Crippen molar-refractivity contribution in [3.05, 3.63) is 24.1 Å². The van der Waals surface area contributed by atoms with Crippen LogP contribution in [-0.2, 0) is 19.4 Å². The van der Waals surface area contributed by atoms with E-state index in [-0.39, 0.29) is 30.1 Å². The van der Waals surface area contributed by atoms with Crippen molar-refractivity contribution in [3.8, 4) is 5.88 Å². The van der Waals surface area contributed by atoms with Crippen molar-refractivity contribution in [2.24, 2.45) is 0 Å². The van der Waals surface area contributed by atoms with Crippen LogP contribution in [0.15, 0.2) is 18.3 Å². The Bertz CT molecular complexity index is 749. The minimum absolute atomic E-state index is 0.0199. The normalized spacial score (nSPS) is 22.5. The Labute approximate surface area is 146 Å². The first-order chi connectivity index (χ1) is 11.8. The van der Waals surface area contributed by atoms with Crippen LogP contribution in [-0.4, -0.2) is 67.6 Å². The highest BCUT2D eigenvalue weighted by Crippen LogP contribution is 2.36. The highest BCUT2D eigenvalue weighted by Gasteiger charge is 2.49. The van der Waals surface area contributed by atoms with Crippen molar-refractivity contribution in [1.29, 1.82) is 0 Å². The number of aromatic nitrogens is 1. The van der Waals surface area contributed by atoms with Gasteiger partial charge in [-0.15, -0.1) is 0 Å². The van der Waals surface area contributed by atoms with Crippen LogP contribution in [0.3, 0.4) is 0 Å². The first-order valence-electron chi connectivity index (χ1n) is 8.13. The molecule has 138 valence electrons. The maximum absolute atomic E-state index is 13.7. The number of sulfone groups is 1. The molecule has 1 aromatic rings. The molecule has 1 atom stereocenters. The van der Waals surface area contributed by atoms with Crippen molar-refractivity contribution in [2.45, 2.75) is 31.0 Å². The van der Waals surface area contributed by atoms with Crippen LogP contribution in [0.25, 0.3) is 0 Å². The van der Waals surface area contributed by atoms with Gasteiger partial charge in [0.1, 0.15) is 21.5 Å². The summed E-state index contributed by atoms with van der Waals surface area (Å²) >= 11 is 0. The van der Waals surface area contributed by atoms with Crippen LogP contribution in [0.4, 0.5) is 4.39 Å². The van der Waals surface area contributed by atoms with E-state index in [1.807, 2.05) is 0 Å². The van der Waals surface area contributed by atoms with Crippen molar-refractivity contribution >= 4 is 15.7 Å². The molecule has 0 aromatic carbocycles. The molecule has 25 heavy (non-hydrogen) atoms. The van der Waals surface area contributed by atoms with E-state index in [4.69, 9.17) is 9.47 Å². The quantitative estimate of drug-likeness (QED) is 0.760. The average molecular weight is 372 g/mol. The molecule has 0 bridgehead atoms. The molecule has 1 aromatic heterocycles. The summed E-state index contributed by atoms with van der Waals surface area (Å²) in [5, 5.41) is 0. The molecule has 2 fully saturated rings. The van der Waals surface area contributed by atoms with E-state index in [9.17, 15) is 17.6 Å². The van der Waals surface area contributed by atoms with Gasteiger partial charge in [0.15, 0.2) is 5.82 Å². The molecule has 3 heterocycles. The summed E-state index contributed by atoms with van der Waals surface area (Å²) in [5.41, 5.74) is -0.491. The molecule has 7 nitrogen and oxygen atoms in total. The monoisotopic (exact) mass is 372 g/mol.